The van der Waals surface area contributed by atoms with Gasteiger partial charge in [-0.05, 0) is 49.4 Å². The number of ether oxygens (including phenoxy) is 2. The first kappa shape index (κ1) is 18.0. The second-order valence-corrected chi connectivity index (χ2v) is 8.12. The molecule has 2 aliphatic heterocycles. The molecule has 2 aromatic carbocycles. The zero-order valence-corrected chi connectivity index (χ0v) is 16.2. The zero-order valence-electron chi connectivity index (χ0n) is 16.2. The fourth-order valence-corrected chi connectivity index (χ4v) is 4.46. The van der Waals surface area contributed by atoms with E-state index < -0.39 is 5.79 Å². The zero-order chi connectivity index (χ0) is 19.8. The van der Waals surface area contributed by atoms with Crippen molar-refractivity contribution in [1.29, 1.82) is 0 Å². The first-order chi connectivity index (χ1) is 14.1. The number of hydrogen-bond donors (Lipinski definition) is 2. The van der Waals surface area contributed by atoms with Crippen LogP contribution in [0.4, 0.5) is 11.4 Å². The molecule has 2 N–H and O–H groups in total. The van der Waals surface area contributed by atoms with Crippen LogP contribution in [0, 0.1) is 5.92 Å². The van der Waals surface area contributed by atoms with Crippen molar-refractivity contribution in [3.05, 3.63) is 48.0 Å². The summed E-state index contributed by atoms with van der Waals surface area (Å²) in [7, 11) is 0. The summed E-state index contributed by atoms with van der Waals surface area (Å²) in [6.45, 7) is 0. The van der Waals surface area contributed by atoms with Gasteiger partial charge in [-0.25, -0.2) is 0 Å². The van der Waals surface area contributed by atoms with Gasteiger partial charge >= 0.3 is 0 Å². The molecular weight excluding hydrogens is 368 g/mol. The third-order valence-corrected chi connectivity index (χ3v) is 6.02. The van der Waals surface area contributed by atoms with Gasteiger partial charge in [-0.15, -0.1) is 0 Å². The number of anilines is 2. The lowest BCUT2D eigenvalue weighted by Crippen LogP contribution is -2.34. The van der Waals surface area contributed by atoms with Gasteiger partial charge in [-0.2, -0.15) is 0 Å². The molecule has 0 aromatic heterocycles. The standard InChI is InChI=1S/C23H24N2O4/c26-21(10-7-16-13-15-5-1-2-6-18(15)25-22(16)27)24-17-8-9-19-20(14-17)29-23(28-19)11-3-4-12-23/h1-2,5-6,8-9,14,16H,3-4,7,10-13H2,(H,24,26)(H,25,27)/t16-/m1/s1. The lowest BCUT2D eigenvalue weighted by molar-refractivity contribution is -0.121. The maximum atomic E-state index is 12.4. The third kappa shape index (κ3) is 3.55. The van der Waals surface area contributed by atoms with Crippen LogP contribution in [0.5, 0.6) is 11.5 Å². The van der Waals surface area contributed by atoms with Gasteiger partial charge in [0.2, 0.25) is 11.8 Å². The number of benzene rings is 2. The summed E-state index contributed by atoms with van der Waals surface area (Å²) in [5.74, 6) is 0.618. The van der Waals surface area contributed by atoms with Crippen LogP contribution >= 0.6 is 0 Å². The van der Waals surface area contributed by atoms with Crippen LogP contribution in [-0.4, -0.2) is 17.6 Å². The largest absolute Gasteiger partial charge is 0.448 e. The Hall–Kier alpha value is -3.02. The highest BCUT2D eigenvalue weighted by Gasteiger charge is 2.44. The average molecular weight is 392 g/mol. The van der Waals surface area contributed by atoms with Gasteiger partial charge in [0.25, 0.3) is 5.79 Å². The molecule has 6 nitrogen and oxygen atoms in total. The van der Waals surface area contributed by atoms with Crippen molar-refractivity contribution in [2.45, 2.75) is 50.7 Å². The Bertz CT molecular complexity index is 965. The minimum absolute atomic E-state index is 0.0126. The van der Waals surface area contributed by atoms with Crippen LogP contribution < -0.4 is 20.1 Å². The molecule has 2 amide bonds. The third-order valence-electron chi connectivity index (χ3n) is 6.02. The number of rotatable bonds is 4. The first-order valence-electron chi connectivity index (χ1n) is 10.3. The van der Waals surface area contributed by atoms with E-state index in [4.69, 9.17) is 9.47 Å². The average Bonchev–Trinajstić information content (AvgIpc) is 3.31. The van der Waals surface area contributed by atoms with Crippen molar-refractivity contribution in [2.24, 2.45) is 5.92 Å². The van der Waals surface area contributed by atoms with E-state index in [9.17, 15) is 9.59 Å². The van der Waals surface area contributed by atoms with Crippen LogP contribution in [0.2, 0.25) is 0 Å². The number of fused-ring (bicyclic) bond motifs is 2. The molecule has 0 saturated heterocycles. The molecule has 0 unspecified atom stereocenters. The van der Waals surface area contributed by atoms with Crippen molar-refractivity contribution in [3.63, 3.8) is 0 Å². The van der Waals surface area contributed by atoms with Gasteiger partial charge in [0.05, 0.1) is 0 Å². The molecule has 0 bridgehead atoms. The molecule has 0 radical (unpaired) electrons. The summed E-state index contributed by atoms with van der Waals surface area (Å²) in [5.41, 5.74) is 2.68. The number of nitrogens with one attached hydrogen (secondary N) is 2. The van der Waals surface area contributed by atoms with Crippen molar-refractivity contribution >= 4 is 23.2 Å². The van der Waals surface area contributed by atoms with Gasteiger partial charge in [0, 0.05) is 42.6 Å². The molecule has 29 heavy (non-hydrogen) atoms. The van der Waals surface area contributed by atoms with Gasteiger partial charge in [0.1, 0.15) is 0 Å². The van der Waals surface area contributed by atoms with E-state index in [2.05, 4.69) is 10.6 Å². The summed E-state index contributed by atoms with van der Waals surface area (Å²) in [5, 5.41) is 5.85. The van der Waals surface area contributed by atoms with Crippen LogP contribution in [0.25, 0.3) is 0 Å². The molecule has 1 spiro atoms. The van der Waals surface area contributed by atoms with Crippen molar-refractivity contribution in [1.82, 2.24) is 0 Å². The lowest BCUT2D eigenvalue weighted by atomic mass is 9.89. The summed E-state index contributed by atoms with van der Waals surface area (Å²) < 4.78 is 12.1. The van der Waals surface area contributed by atoms with E-state index >= 15 is 0 Å². The van der Waals surface area contributed by atoms with Gasteiger partial charge in [0.15, 0.2) is 11.5 Å². The Labute approximate surface area is 169 Å². The Morgan fingerprint density at radius 3 is 2.76 bits per heavy atom. The Kier molecular flexibility index (Phi) is 4.42. The molecule has 150 valence electrons. The summed E-state index contributed by atoms with van der Waals surface area (Å²) in [4.78, 5) is 24.7. The molecule has 6 heteroatoms. The van der Waals surface area contributed by atoms with E-state index in [0.29, 0.717) is 30.7 Å². The fraction of sp³-hybridized carbons (Fsp3) is 0.391. The topological polar surface area (TPSA) is 76.7 Å². The lowest BCUT2D eigenvalue weighted by Gasteiger charge is -2.24. The smallest absolute Gasteiger partial charge is 0.251 e. The normalized spacial score (nSPS) is 21.0. The summed E-state index contributed by atoms with van der Waals surface area (Å²) in [6, 6.07) is 13.3. The van der Waals surface area contributed by atoms with Crippen LogP contribution in [0.3, 0.4) is 0 Å². The maximum Gasteiger partial charge on any atom is 0.251 e. The Morgan fingerprint density at radius 2 is 1.90 bits per heavy atom. The molecule has 1 saturated carbocycles. The number of carbonyl (C=O) groups excluding carboxylic acids is 2. The van der Waals surface area contributed by atoms with Gasteiger partial charge in [-0.1, -0.05) is 18.2 Å². The van der Waals surface area contributed by atoms with Crippen LogP contribution in [0.15, 0.2) is 42.5 Å². The van der Waals surface area contributed by atoms with E-state index in [0.717, 1.165) is 42.7 Å². The van der Waals surface area contributed by atoms with E-state index in [1.807, 2.05) is 42.5 Å². The number of amides is 2. The quantitative estimate of drug-likeness (QED) is 0.815. The highest BCUT2D eigenvalue weighted by molar-refractivity contribution is 5.96. The molecule has 3 aliphatic rings. The molecule has 2 heterocycles. The van der Waals surface area contributed by atoms with Crippen molar-refractivity contribution < 1.29 is 19.1 Å². The van der Waals surface area contributed by atoms with Gasteiger partial charge in [-0.3, -0.25) is 9.59 Å². The molecule has 2 aromatic rings. The molecule has 1 atom stereocenters. The summed E-state index contributed by atoms with van der Waals surface area (Å²) in [6.07, 6.45) is 5.49. The monoisotopic (exact) mass is 392 g/mol. The minimum atomic E-state index is -0.504. The highest BCUT2D eigenvalue weighted by atomic mass is 16.7. The first-order valence-corrected chi connectivity index (χ1v) is 10.3. The Morgan fingerprint density at radius 1 is 1.10 bits per heavy atom. The molecule has 1 aliphatic carbocycles. The predicted molar refractivity (Wildman–Crippen MR) is 109 cm³/mol. The SMILES string of the molecule is O=C(CC[C@@H]1Cc2ccccc2NC1=O)Nc1ccc2c(c1)OC1(CCCC1)O2. The minimum Gasteiger partial charge on any atom is -0.448 e. The fourth-order valence-electron chi connectivity index (χ4n) is 4.46. The summed E-state index contributed by atoms with van der Waals surface area (Å²) >= 11 is 0. The Balaban J connectivity index is 1.18. The van der Waals surface area contributed by atoms with Crippen LogP contribution in [-0.2, 0) is 16.0 Å². The predicted octanol–water partition coefficient (Wildman–Crippen LogP) is 4.26. The second kappa shape index (κ2) is 7.10. The second-order valence-electron chi connectivity index (χ2n) is 8.12. The van der Waals surface area contributed by atoms with E-state index in [1.165, 1.54) is 0 Å². The number of para-hydroxylation sites is 1. The molecular formula is C23H24N2O4. The molecule has 1 fully saturated rings. The maximum absolute atomic E-state index is 12.4. The number of carbonyl (C=O) groups is 2. The van der Waals surface area contributed by atoms with Crippen molar-refractivity contribution in [2.75, 3.05) is 10.6 Å². The number of hydrogen-bond acceptors (Lipinski definition) is 4. The van der Waals surface area contributed by atoms with Crippen LogP contribution in [0.1, 0.15) is 44.1 Å². The highest BCUT2D eigenvalue weighted by Crippen LogP contribution is 2.47. The van der Waals surface area contributed by atoms with E-state index in [-0.39, 0.29) is 17.7 Å². The van der Waals surface area contributed by atoms with E-state index in [1.54, 1.807) is 0 Å². The van der Waals surface area contributed by atoms with Crippen molar-refractivity contribution in [3.8, 4) is 11.5 Å². The molecule has 5 rings (SSSR count). The van der Waals surface area contributed by atoms with Gasteiger partial charge < -0.3 is 20.1 Å².